The second-order valence-corrected chi connectivity index (χ2v) is 10.1. The first-order valence-corrected chi connectivity index (χ1v) is 11.7. The Bertz CT molecular complexity index is 1280. The van der Waals surface area contributed by atoms with E-state index in [1.807, 2.05) is 45.0 Å². The molecule has 0 bridgehead atoms. The van der Waals surface area contributed by atoms with E-state index in [2.05, 4.69) is 20.8 Å². The third-order valence-electron chi connectivity index (χ3n) is 6.08. The molecule has 35 heavy (non-hydrogen) atoms. The molecular formula is C29H31NO5. The van der Waals surface area contributed by atoms with Gasteiger partial charge in [-0.15, -0.1) is 0 Å². The molecule has 1 aliphatic rings. The Morgan fingerprint density at radius 2 is 1.74 bits per heavy atom. The van der Waals surface area contributed by atoms with E-state index in [9.17, 15) is 14.7 Å². The molecule has 182 valence electrons. The van der Waals surface area contributed by atoms with Crippen molar-refractivity contribution in [3.63, 3.8) is 0 Å². The van der Waals surface area contributed by atoms with Crippen molar-refractivity contribution >= 4 is 23.1 Å². The minimum atomic E-state index is -0.891. The van der Waals surface area contributed by atoms with E-state index in [0.29, 0.717) is 22.8 Å². The van der Waals surface area contributed by atoms with Gasteiger partial charge in [0, 0.05) is 11.3 Å². The Labute approximate surface area is 205 Å². The van der Waals surface area contributed by atoms with Crippen molar-refractivity contribution in [3.8, 4) is 5.75 Å². The van der Waals surface area contributed by atoms with Crippen LogP contribution in [0.1, 0.15) is 63.1 Å². The molecule has 1 amide bonds. The van der Waals surface area contributed by atoms with Gasteiger partial charge >= 0.3 is 0 Å². The number of amides is 1. The third-order valence-corrected chi connectivity index (χ3v) is 6.08. The lowest BCUT2D eigenvalue weighted by molar-refractivity contribution is -0.132. The number of aryl methyl sites for hydroxylation is 1. The van der Waals surface area contributed by atoms with Crippen molar-refractivity contribution in [1.29, 1.82) is 0 Å². The van der Waals surface area contributed by atoms with Crippen LogP contribution < -0.4 is 9.64 Å². The Morgan fingerprint density at radius 3 is 2.29 bits per heavy atom. The van der Waals surface area contributed by atoms with Crippen LogP contribution in [0.5, 0.6) is 5.75 Å². The van der Waals surface area contributed by atoms with Gasteiger partial charge in [0.15, 0.2) is 0 Å². The fourth-order valence-electron chi connectivity index (χ4n) is 4.28. The molecule has 1 aromatic heterocycles. The minimum Gasteiger partial charge on any atom is -0.507 e. The second kappa shape index (κ2) is 9.10. The summed E-state index contributed by atoms with van der Waals surface area (Å²) in [5.74, 6) is -0.643. The fraction of sp³-hybridized carbons (Fsp3) is 0.310. The number of nitrogens with zero attached hydrogens (tertiary/aromatic N) is 1. The number of hydrogen-bond acceptors (Lipinski definition) is 5. The number of anilines is 1. The van der Waals surface area contributed by atoms with E-state index in [1.165, 1.54) is 11.2 Å². The number of Topliss-reactive ketones (excluding diaryl/α,β-unsaturated/α-hetero) is 1. The van der Waals surface area contributed by atoms with Crippen molar-refractivity contribution in [1.82, 2.24) is 0 Å². The number of aliphatic hydroxyl groups is 1. The summed E-state index contributed by atoms with van der Waals surface area (Å²) in [5.41, 5.74) is 2.82. The molecule has 6 heteroatoms. The summed E-state index contributed by atoms with van der Waals surface area (Å²) in [5, 5.41) is 11.3. The average molecular weight is 474 g/mol. The number of benzene rings is 2. The average Bonchev–Trinajstić information content (AvgIpc) is 3.41. The molecule has 1 fully saturated rings. The van der Waals surface area contributed by atoms with E-state index in [-0.39, 0.29) is 22.9 Å². The molecule has 1 atom stereocenters. The van der Waals surface area contributed by atoms with Crippen molar-refractivity contribution in [3.05, 3.63) is 88.9 Å². The highest BCUT2D eigenvalue weighted by molar-refractivity contribution is 6.51. The van der Waals surface area contributed by atoms with Gasteiger partial charge in [-0.05, 0) is 79.8 Å². The summed E-state index contributed by atoms with van der Waals surface area (Å²) >= 11 is 0. The van der Waals surface area contributed by atoms with Crippen LogP contribution in [0, 0.1) is 6.92 Å². The second-order valence-electron chi connectivity index (χ2n) is 10.1. The van der Waals surface area contributed by atoms with Crippen molar-refractivity contribution in [2.75, 3.05) is 4.90 Å². The molecule has 4 rings (SSSR count). The highest BCUT2D eigenvalue weighted by Gasteiger charge is 2.48. The number of aliphatic hydroxyl groups excluding tert-OH is 1. The quantitative estimate of drug-likeness (QED) is 0.267. The molecule has 0 aliphatic carbocycles. The molecule has 0 spiro atoms. The van der Waals surface area contributed by atoms with Crippen LogP contribution in [0.15, 0.2) is 70.9 Å². The highest BCUT2D eigenvalue weighted by atomic mass is 16.5. The highest BCUT2D eigenvalue weighted by Crippen LogP contribution is 2.43. The summed E-state index contributed by atoms with van der Waals surface area (Å²) in [7, 11) is 0. The summed E-state index contributed by atoms with van der Waals surface area (Å²) in [6, 6.07) is 15.2. The van der Waals surface area contributed by atoms with E-state index in [1.54, 1.807) is 30.3 Å². The molecule has 2 heterocycles. The van der Waals surface area contributed by atoms with Gasteiger partial charge in [0.1, 0.15) is 23.3 Å². The maximum Gasteiger partial charge on any atom is 0.300 e. The van der Waals surface area contributed by atoms with Crippen LogP contribution in [0.3, 0.4) is 0 Å². The molecule has 3 aromatic rings. The molecule has 1 aliphatic heterocycles. The maximum atomic E-state index is 13.3. The monoisotopic (exact) mass is 473 g/mol. The van der Waals surface area contributed by atoms with E-state index >= 15 is 0 Å². The number of hydrogen-bond donors (Lipinski definition) is 1. The Hall–Kier alpha value is -3.80. The minimum absolute atomic E-state index is 0.00194. The molecule has 0 saturated carbocycles. The van der Waals surface area contributed by atoms with Crippen LogP contribution in [0.25, 0.3) is 5.76 Å². The smallest absolute Gasteiger partial charge is 0.300 e. The Kier molecular flexibility index (Phi) is 6.32. The predicted molar refractivity (Wildman–Crippen MR) is 136 cm³/mol. The van der Waals surface area contributed by atoms with Gasteiger partial charge in [-0.2, -0.15) is 0 Å². The van der Waals surface area contributed by atoms with Gasteiger partial charge in [-0.1, -0.05) is 32.9 Å². The topological polar surface area (TPSA) is 80.0 Å². The number of ether oxygens (including phenoxy) is 1. The SMILES string of the molecule is Cc1cc(/C(O)=C2/C(=O)C(=O)N(c3ccc(C(C)(C)C)cc3)C2c2ccco2)ccc1OC(C)C. The van der Waals surface area contributed by atoms with Crippen molar-refractivity contribution in [2.45, 2.75) is 59.1 Å². The Morgan fingerprint density at radius 1 is 1.06 bits per heavy atom. The van der Waals surface area contributed by atoms with Gasteiger partial charge < -0.3 is 14.3 Å². The van der Waals surface area contributed by atoms with Gasteiger partial charge in [0.25, 0.3) is 11.7 Å². The van der Waals surface area contributed by atoms with Gasteiger partial charge in [0.05, 0.1) is 17.9 Å². The predicted octanol–water partition coefficient (Wildman–Crippen LogP) is 6.30. The third kappa shape index (κ3) is 4.61. The number of rotatable bonds is 5. The lowest BCUT2D eigenvalue weighted by atomic mass is 9.87. The van der Waals surface area contributed by atoms with E-state index in [0.717, 1.165) is 11.1 Å². The summed E-state index contributed by atoms with van der Waals surface area (Å²) in [6.07, 6.45) is 1.49. The molecular weight excluding hydrogens is 442 g/mol. The van der Waals surface area contributed by atoms with Crippen LogP contribution in [0.4, 0.5) is 5.69 Å². The normalized spacial score (nSPS) is 17.9. The van der Waals surface area contributed by atoms with Gasteiger partial charge in [0.2, 0.25) is 0 Å². The summed E-state index contributed by atoms with van der Waals surface area (Å²) in [6.45, 7) is 12.1. The first-order valence-electron chi connectivity index (χ1n) is 11.7. The standard InChI is InChI=1S/C29H31NO5/c1-17(2)35-22-14-9-19(16-18(22)3)26(31)24-25(23-8-7-15-34-23)30(28(33)27(24)32)21-12-10-20(11-13-21)29(4,5)6/h7-17,25,31H,1-6H3/b26-24-. The zero-order valence-electron chi connectivity index (χ0n) is 21.0. The lowest BCUT2D eigenvalue weighted by Crippen LogP contribution is -2.29. The number of furan rings is 1. The van der Waals surface area contributed by atoms with Crippen LogP contribution in [-0.4, -0.2) is 22.9 Å². The van der Waals surface area contributed by atoms with Crippen LogP contribution in [0.2, 0.25) is 0 Å². The maximum absolute atomic E-state index is 13.3. The summed E-state index contributed by atoms with van der Waals surface area (Å²) in [4.78, 5) is 27.9. The number of carbonyl (C=O) groups is 2. The van der Waals surface area contributed by atoms with E-state index in [4.69, 9.17) is 9.15 Å². The Balaban J connectivity index is 1.83. The molecule has 1 saturated heterocycles. The zero-order valence-corrected chi connectivity index (χ0v) is 21.0. The van der Waals surface area contributed by atoms with Gasteiger partial charge in [-0.25, -0.2) is 0 Å². The van der Waals surface area contributed by atoms with E-state index < -0.39 is 17.7 Å². The first-order chi connectivity index (χ1) is 16.5. The fourth-order valence-corrected chi connectivity index (χ4v) is 4.28. The largest absolute Gasteiger partial charge is 0.507 e. The molecule has 6 nitrogen and oxygen atoms in total. The zero-order chi connectivity index (χ0) is 25.5. The van der Waals surface area contributed by atoms with Crippen LogP contribution >= 0.6 is 0 Å². The molecule has 0 radical (unpaired) electrons. The summed E-state index contributed by atoms with van der Waals surface area (Å²) < 4.78 is 11.4. The lowest BCUT2D eigenvalue weighted by Gasteiger charge is -2.25. The number of carbonyl (C=O) groups excluding carboxylic acids is 2. The molecule has 1 N–H and O–H groups in total. The van der Waals surface area contributed by atoms with Crippen LogP contribution in [-0.2, 0) is 15.0 Å². The molecule has 1 unspecified atom stereocenters. The van der Waals surface area contributed by atoms with Crippen molar-refractivity contribution < 1.29 is 23.8 Å². The number of ketones is 1. The first kappa shape index (κ1) is 24.3. The van der Waals surface area contributed by atoms with Gasteiger partial charge in [-0.3, -0.25) is 14.5 Å². The molecule has 2 aromatic carbocycles. The van der Waals surface area contributed by atoms with Crippen molar-refractivity contribution in [2.24, 2.45) is 0 Å².